The zero-order valence-electron chi connectivity index (χ0n) is 15.7. The summed E-state index contributed by atoms with van der Waals surface area (Å²) in [6.45, 7) is -0.358. The van der Waals surface area contributed by atoms with Gasteiger partial charge in [0.05, 0.1) is 10.3 Å². The smallest absolute Gasteiger partial charge is 0.406 e. The monoisotopic (exact) mass is 445 g/mol. The number of nitrogens with zero attached hydrogens (tertiary/aromatic N) is 2. The molecule has 6 nitrogen and oxygen atoms in total. The van der Waals surface area contributed by atoms with Gasteiger partial charge in [-0.1, -0.05) is 24.3 Å². The molecule has 0 saturated carbocycles. The molecule has 0 saturated heterocycles. The number of ether oxygens (including phenoxy) is 1. The number of rotatable bonds is 5. The third-order valence-electron chi connectivity index (χ3n) is 4.29. The zero-order valence-corrected chi connectivity index (χ0v) is 16.5. The number of amides is 1. The van der Waals surface area contributed by atoms with Gasteiger partial charge in [0, 0.05) is 11.1 Å². The lowest BCUT2D eigenvalue weighted by atomic mass is 10.1. The number of fused-ring (bicyclic) bond motifs is 1. The van der Waals surface area contributed by atoms with Crippen molar-refractivity contribution in [3.05, 3.63) is 76.4 Å². The van der Waals surface area contributed by atoms with Crippen molar-refractivity contribution in [2.45, 2.75) is 12.9 Å². The Morgan fingerprint density at radius 1 is 1.03 bits per heavy atom. The first-order valence-electron chi connectivity index (χ1n) is 8.99. The van der Waals surface area contributed by atoms with Gasteiger partial charge in [0.1, 0.15) is 18.0 Å². The molecule has 1 amide bonds. The fraction of sp³-hybridized carbons (Fsp3) is 0.0952. The van der Waals surface area contributed by atoms with E-state index in [1.807, 2.05) is 23.6 Å². The molecule has 2 aromatic heterocycles. The van der Waals surface area contributed by atoms with E-state index in [1.165, 1.54) is 23.5 Å². The Bertz CT molecular complexity index is 1280. The van der Waals surface area contributed by atoms with Gasteiger partial charge in [0.25, 0.3) is 5.56 Å². The second kappa shape index (κ2) is 8.23. The maximum absolute atomic E-state index is 12.8. The van der Waals surface area contributed by atoms with Crippen molar-refractivity contribution in [2.24, 2.45) is 0 Å². The summed E-state index contributed by atoms with van der Waals surface area (Å²) in [5.41, 5.74) is 0.429. The summed E-state index contributed by atoms with van der Waals surface area (Å²) >= 11 is 1.46. The summed E-state index contributed by atoms with van der Waals surface area (Å²) in [5.74, 6) is -0.954. The average molecular weight is 445 g/mol. The third kappa shape index (κ3) is 4.75. The normalized spacial score (nSPS) is 11.5. The number of carbonyl (C=O) groups is 1. The predicted octanol–water partition coefficient (Wildman–Crippen LogP) is 4.66. The lowest BCUT2D eigenvalue weighted by molar-refractivity contribution is -0.274. The molecule has 0 bridgehead atoms. The van der Waals surface area contributed by atoms with Crippen molar-refractivity contribution in [2.75, 3.05) is 5.32 Å². The summed E-state index contributed by atoms with van der Waals surface area (Å²) in [6, 6.07) is 15.5. The number of halogens is 3. The van der Waals surface area contributed by atoms with Gasteiger partial charge in [-0.25, -0.2) is 4.68 Å². The highest BCUT2D eigenvalue weighted by molar-refractivity contribution is 7.13. The zero-order chi connectivity index (χ0) is 22.0. The summed E-state index contributed by atoms with van der Waals surface area (Å²) in [4.78, 5) is 26.1. The molecule has 0 fully saturated rings. The Morgan fingerprint density at radius 3 is 2.39 bits per heavy atom. The topological polar surface area (TPSA) is 73.2 Å². The standard InChI is InChI=1S/C21H14F3N3O3S/c22-21(23,24)30-14-9-7-13(8-10-14)25-18(28)12-27-20(29)16-5-2-1-4-15(16)19(26-27)17-6-3-11-31-17/h1-11H,12H2,(H,25,28). The van der Waals surface area contributed by atoms with Crippen molar-refractivity contribution < 1.29 is 22.7 Å². The van der Waals surface area contributed by atoms with E-state index >= 15 is 0 Å². The van der Waals surface area contributed by atoms with E-state index in [0.29, 0.717) is 16.5 Å². The second-order valence-corrected chi connectivity index (χ2v) is 7.40. The molecule has 10 heteroatoms. The minimum atomic E-state index is -4.80. The summed E-state index contributed by atoms with van der Waals surface area (Å²) in [7, 11) is 0. The van der Waals surface area contributed by atoms with E-state index in [4.69, 9.17) is 0 Å². The third-order valence-corrected chi connectivity index (χ3v) is 5.16. The number of anilines is 1. The molecular weight excluding hydrogens is 431 g/mol. The van der Waals surface area contributed by atoms with E-state index in [1.54, 1.807) is 18.2 Å². The average Bonchev–Trinajstić information content (AvgIpc) is 3.25. The van der Waals surface area contributed by atoms with Gasteiger partial charge >= 0.3 is 6.36 Å². The SMILES string of the molecule is O=C(Cn1nc(-c2cccs2)c2ccccc2c1=O)Nc1ccc(OC(F)(F)F)cc1. The first kappa shape index (κ1) is 20.6. The van der Waals surface area contributed by atoms with Gasteiger partial charge in [0.2, 0.25) is 5.91 Å². The maximum Gasteiger partial charge on any atom is 0.573 e. The van der Waals surface area contributed by atoms with Crippen LogP contribution in [0.4, 0.5) is 18.9 Å². The molecule has 0 aliphatic rings. The van der Waals surface area contributed by atoms with Crippen LogP contribution in [0.25, 0.3) is 21.3 Å². The van der Waals surface area contributed by atoms with Crippen LogP contribution in [0.1, 0.15) is 0 Å². The van der Waals surface area contributed by atoms with Gasteiger partial charge in [0.15, 0.2) is 0 Å². The highest BCUT2D eigenvalue weighted by Crippen LogP contribution is 2.28. The largest absolute Gasteiger partial charge is 0.573 e. The molecule has 1 N–H and O–H groups in total. The van der Waals surface area contributed by atoms with Crippen LogP contribution < -0.4 is 15.6 Å². The fourth-order valence-corrected chi connectivity index (χ4v) is 3.74. The van der Waals surface area contributed by atoms with Crippen molar-refractivity contribution in [3.8, 4) is 16.3 Å². The summed E-state index contributed by atoms with van der Waals surface area (Å²) in [6.07, 6.45) is -4.80. The van der Waals surface area contributed by atoms with Gasteiger partial charge in [-0.05, 0) is 41.8 Å². The molecule has 0 unspecified atom stereocenters. The first-order chi connectivity index (χ1) is 14.8. The number of carbonyl (C=O) groups excluding carboxylic acids is 1. The number of thiophene rings is 1. The molecular formula is C21H14F3N3O3S. The number of hydrogen-bond acceptors (Lipinski definition) is 5. The lowest BCUT2D eigenvalue weighted by Gasteiger charge is -2.11. The summed E-state index contributed by atoms with van der Waals surface area (Å²) in [5, 5.41) is 9.93. The highest BCUT2D eigenvalue weighted by Gasteiger charge is 2.31. The predicted molar refractivity (Wildman–Crippen MR) is 111 cm³/mol. The Morgan fingerprint density at radius 2 is 1.74 bits per heavy atom. The molecule has 0 radical (unpaired) electrons. The molecule has 0 atom stereocenters. The van der Waals surface area contributed by atoms with Gasteiger partial charge in [-0.3, -0.25) is 9.59 Å². The van der Waals surface area contributed by atoms with E-state index < -0.39 is 23.6 Å². The molecule has 0 spiro atoms. The molecule has 0 aliphatic heterocycles. The van der Waals surface area contributed by atoms with Crippen LogP contribution in [0.3, 0.4) is 0 Å². The lowest BCUT2D eigenvalue weighted by Crippen LogP contribution is -2.30. The van der Waals surface area contributed by atoms with Crippen molar-refractivity contribution in [3.63, 3.8) is 0 Å². The van der Waals surface area contributed by atoms with E-state index in [2.05, 4.69) is 15.2 Å². The van der Waals surface area contributed by atoms with Gasteiger partial charge in [-0.2, -0.15) is 5.10 Å². The van der Waals surface area contributed by atoms with E-state index in [9.17, 15) is 22.8 Å². The quantitative estimate of drug-likeness (QED) is 0.485. The Kier molecular flexibility index (Phi) is 5.47. The van der Waals surface area contributed by atoms with E-state index in [0.717, 1.165) is 21.7 Å². The number of benzene rings is 2. The molecule has 4 rings (SSSR count). The highest BCUT2D eigenvalue weighted by atomic mass is 32.1. The summed E-state index contributed by atoms with van der Waals surface area (Å²) < 4.78 is 41.6. The fourth-order valence-electron chi connectivity index (χ4n) is 3.01. The van der Waals surface area contributed by atoms with Crippen LogP contribution in [0, 0.1) is 0 Å². The Balaban J connectivity index is 1.58. The number of hydrogen-bond donors (Lipinski definition) is 1. The first-order valence-corrected chi connectivity index (χ1v) is 9.87. The van der Waals surface area contributed by atoms with Crippen LogP contribution in [0.2, 0.25) is 0 Å². The Hall–Kier alpha value is -3.66. The number of nitrogens with one attached hydrogen (secondary N) is 1. The van der Waals surface area contributed by atoms with Crippen LogP contribution in [-0.2, 0) is 11.3 Å². The van der Waals surface area contributed by atoms with Crippen LogP contribution >= 0.6 is 11.3 Å². The molecule has 2 heterocycles. The van der Waals surface area contributed by atoms with Crippen LogP contribution in [0.15, 0.2) is 70.8 Å². The number of aromatic nitrogens is 2. The number of alkyl halides is 3. The van der Waals surface area contributed by atoms with Gasteiger partial charge < -0.3 is 10.1 Å². The molecule has 2 aromatic carbocycles. The van der Waals surface area contributed by atoms with E-state index in [-0.39, 0.29) is 12.2 Å². The van der Waals surface area contributed by atoms with Crippen LogP contribution in [0.5, 0.6) is 5.75 Å². The minimum Gasteiger partial charge on any atom is -0.406 e. The maximum atomic E-state index is 12.8. The minimum absolute atomic E-state index is 0.256. The van der Waals surface area contributed by atoms with Crippen molar-refractivity contribution >= 4 is 33.7 Å². The van der Waals surface area contributed by atoms with Crippen molar-refractivity contribution in [1.82, 2.24) is 9.78 Å². The van der Waals surface area contributed by atoms with Crippen molar-refractivity contribution in [1.29, 1.82) is 0 Å². The molecule has 31 heavy (non-hydrogen) atoms. The second-order valence-electron chi connectivity index (χ2n) is 6.45. The Labute approximate surface area is 177 Å². The molecule has 158 valence electrons. The van der Waals surface area contributed by atoms with Crippen LogP contribution in [-0.4, -0.2) is 22.1 Å². The molecule has 0 aliphatic carbocycles. The molecule has 4 aromatic rings. The van der Waals surface area contributed by atoms with Gasteiger partial charge in [-0.15, -0.1) is 24.5 Å².